The predicted molar refractivity (Wildman–Crippen MR) is 86.6 cm³/mol. The Balaban J connectivity index is 1.66. The molecule has 0 aliphatic carbocycles. The number of nitrogens with one attached hydrogen (secondary N) is 1. The molecule has 0 spiro atoms. The molecule has 1 N–H and O–H groups in total. The van der Waals surface area contributed by atoms with Crippen LogP contribution in [-0.4, -0.2) is 36.9 Å². The van der Waals surface area contributed by atoms with Crippen LogP contribution in [0.1, 0.15) is 22.5 Å². The molecule has 0 aliphatic rings. The fraction of sp³-hybridized carbons (Fsp3) is 0.235. The molecule has 0 saturated heterocycles. The molecule has 1 amide bonds. The lowest BCUT2D eigenvalue weighted by atomic mass is 10.2. The molecule has 3 rings (SSSR count). The van der Waals surface area contributed by atoms with Crippen molar-refractivity contribution in [1.82, 2.24) is 24.4 Å². The van der Waals surface area contributed by atoms with Gasteiger partial charge in [-0.05, 0) is 30.2 Å². The summed E-state index contributed by atoms with van der Waals surface area (Å²) in [7, 11) is 0. The normalized spacial score (nSPS) is 10.6. The second-order valence-electron chi connectivity index (χ2n) is 5.33. The fourth-order valence-corrected chi connectivity index (χ4v) is 2.46. The largest absolute Gasteiger partial charge is 0.357 e. The third kappa shape index (κ3) is 4.06. The van der Waals surface area contributed by atoms with Crippen molar-refractivity contribution in [2.75, 3.05) is 6.54 Å². The van der Waals surface area contributed by atoms with Gasteiger partial charge in [-0.2, -0.15) is 0 Å². The van der Waals surface area contributed by atoms with Crippen LogP contribution in [0, 0.1) is 0 Å². The van der Waals surface area contributed by atoms with E-state index in [0.29, 0.717) is 18.8 Å². The van der Waals surface area contributed by atoms with Crippen molar-refractivity contribution in [1.29, 1.82) is 0 Å². The van der Waals surface area contributed by atoms with Gasteiger partial charge in [-0.25, -0.2) is 4.98 Å². The minimum Gasteiger partial charge on any atom is -0.357 e. The number of carbonyl (C=O) groups is 1. The molecular formula is C17H19N5O. The zero-order valence-electron chi connectivity index (χ0n) is 12.8. The van der Waals surface area contributed by atoms with Crippen LogP contribution in [0.25, 0.3) is 0 Å². The van der Waals surface area contributed by atoms with Crippen LogP contribution < -0.4 is 0 Å². The Bertz CT molecular complexity index is 707. The zero-order valence-corrected chi connectivity index (χ0v) is 12.8. The van der Waals surface area contributed by atoms with Crippen molar-refractivity contribution in [2.45, 2.75) is 19.5 Å². The number of carbonyl (C=O) groups excluding carboxylic acids is 1. The van der Waals surface area contributed by atoms with E-state index in [9.17, 15) is 4.79 Å². The van der Waals surface area contributed by atoms with Gasteiger partial charge in [0.25, 0.3) is 5.91 Å². The zero-order chi connectivity index (χ0) is 15.9. The number of imidazole rings is 1. The van der Waals surface area contributed by atoms with Crippen LogP contribution in [-0.2, 0) is 13.1 Å². The Hall–Kier alpha value is -2.89. The van der Waals surface area contributed by atoms with Gasteiger partial charge in [0.05, 0.1) is 6.33 Å². The van der Waals surface area contributed by atoms with Crippen LogP contribution in [0.2, 0.25) is 0 Å². The van der Waals surface area contributed by atoms with E-state index in [4.69, 9.17) is 0 Å². The number of hydrogen-bond acceptors (Lipinski definition) is 3. The maximum Gasteiger partial charge on any atom is 0.270 e. The lowest BCUT2D eigenvalue weighted by Crippen LogP contribution is -2.32. The molecule has 0 saturated carbocycles. The molecule has 6 nitrogen and oxygen atoms in total. The minimum atomic E-state index is 0.00415. The number of H-pyrrole nitrogens is 1. The summed E-state index contributed by atoms with van der Waals surface area (Å²) >= 11 is 0. The molecule has 0 aliphatic heterocycles. The number of aromatic amines is 1. The summed E-state index contributed by atoms with van der Waals surface area (Å²) in [5.41, 5.74) is 1.63. The highest BCUT2D eigenvalue weighted by Crippen LogP contribution is 2.09. The van der Waals surface area contributed by atoms with Gasteiger partial charge in [0, 0.05) is 50.6 Å². The van der Waals surface area contributed by atoms with E-state index in [1.165, 1.54) is 0 Å². The van der Waals surface area contributed by atoms with E-state index in [1.54, 1.807) is 37.2 Å². The highest BCUT2D eigenvalue weighted by atomic mass is 16.2. The summed E-state index contributed by atoms with van der Waals surface area (Å²) in [6.45, 7) is 2.06. The summed E-state index contributed by atoms with van der Waals surface area (Å²) in [5.74, 6) is 0.00415. The summed E-state index contributed by atoms with van der Waals surface area (Å²) in [4.78, 5) is 25.6. The topological polar surface area (TPSA) is 66.8 Å². The summed E-state index contributed by atoms with van der Waals surface area (Å²) in [6.07, 6.45) is 11.6. The lowest BCUT2D eigenvalue weighted by Gasteiger charge is -2.22. The number of amides is 1. The highest BCUT2D eigenvalue weighted by molar-refractivity contribution is 5.92. The summed E-state index contributed by atoms with van der Waals surface area (Å²) in [5, 5.41) is 0. The Labute approximate surface area is 134 Å². The molecule has 6 heteroatoms. The fourth-order valence-electron chi connectivity index (χ4n) is 2.46. The van der Waals surface area contributed by atoms with Gasteiger partial charge in [-0.15, -0.1) is 0 Å². The first-order valence-corrected chi connectivity index (χ1v) is 7.60. The Morgan fingerprint density at radius 3 is 2.87 bits per heavy atom. The van der Waals surface area contributed by atoms with E-state index < -0.39 is 0 Å². The SMILES string of the molecule is O=C(c1ccc[nH]1)N(CCCn1ccnc1)Cc1cccnc1. The minimum absolute atomic E-state index is 0.00415. The molecule has 3 heterocycles. The van der Waals surface area contributed by atoms with Crippen molar-refractivity contribution in [3.63, 3.8) is 0 Å². The second-order valence-corrected chi connectivity index (χ2v) is 5.33. The molecule has 3 aromatic heterocycles. The van der Waals surface area contributed by atoms with Crippen LogP contribution >= 0.6 is 0 Å². The maximum absolute atomic E-state index is 12.7. The van der Waals surface area contributed by atoms with Gasteiger partial charge in [0.1, 0.15) is 5.69 Å². The average molecular weight is 309 g/mol. The Kier molecular flexibility index (Phi) is 4.83. The van der Waals surface area contributed by atoms with Gasteiger partial charge in [-0.3, -0.25) is 9.78 Å². The molecular weight excluding hydrogens is 290 g/mol. The van der Waals surface area contributed by atoms with Crippen LogP contribution in [0.15, 0.2) is 61.6 Å². The Morgan fingerprint density at radius 1 is 1.22 bits per heavy atom. The second kappa shape index (κ2) is 7.40. The quantitative estimate of drug-likeness (QED) is 0.728. The summed E-state index contributed by atoms with van der Waals surface area (Å²) < 4.78 is 2.02. The van der Waals surface area contributed by atoms with Gasteiger partial charge in [-0.1, -0.05) is 6.07 Å². The van der Waals surface area contributed by atoms with E-state index >= 15 is 0 Å². The van der Waals surface area contributed by atoms with Gasteiger partial charge in [0.2, 0.25) is 0 Å². The van der Waals surface area contributed by atoms with E-state index in [1.807, 2.05) is 33.9 Å². The number of pyridine rings is 1. The number of aryl methyl sites for hydroxylation is 1. The number of hydrogen-bond donors (Lipinski definition) is 1. The molecule has 23 heavy (non-hydrogen) atoms. The van der Waals surface area contributed by atoms with Crippen molar-refractivity contribution < 1.29 is 4.79 Å². The monoisotopic (exact) mass is 309 g/mol. The van der Waals surface area contributed by atoms with E-state index in [2.05, 4.69) is 15.0 Å². The lowest BCUT2D eigenvalue weighted by molar-refractivity contribution is 0.0733. The maximum atomic E-state index is 12.7. The van der Waals surface area contributed by atoms with Crippen molar-refractivity contribution >= 4 is 5.91 Å². The molecule has 0 unspecified atom stereocenters. The van der Waals surface area contributed by atoms with E-state index in [-0.39, 0.29) is 5.91 Å². The third-order valence-electron chi connectivity index (χ3n) is 3.62. The third-order valence-corrected chi connectivity index (χ3v) is 3.62. The molecule has 3 aromatic rings. The molecule has 0 bridgehead atoms. The van der Waals surface area contributed by atoms with Gasteiger partial charge >= 0.3 is 0 Å². The first kappa shape index (κ1) is 15.0. The van der Waals surface area contributed by atoms with E-state index in [0.717, 1.165) is 18.5 Å². The average Bonchev–Trinajstić information content (AvgIpc) is 3.28. The van der Waals surface area contributed by atoms with Gasteiger partial charge < -0.3 is 14.5 Å². The standard InChI is InChI=1S/C17H19N5O/c23-17(16-5-2-7-20-16)22(13-15-4-1-6-18-12-15)10-3-9-21-11-8-19-14-21/h1-2,4-8,11-12,14,20H,3,9-10,13H2. The number of aromatic nitrogens is 4. The number of rotatable bonds is 7. The molecule has 0 aromatic carbocycles. The molecule has 0 atom stereocenters. The molecule has 0 fully saturated rings. The smallest absolute Gasteiger partial charge is 0.270 e. The van der Waals surface area contributed by atoms with Crippen molar-refractivity contribution in [3.8, 4) is 0 Å². The molecule has 0 radical (unpaired) electrons. The first-order valence-electron chi connectivity index (χ1n) is 7.60. The van der Waals surface area contributed by atoms with Crippen LogP contribution in [0.4, 0.5) is 0 Å². The van der Waals surface area contributed by atoms with Crippen LogP contribution in [0.3, 0.4) is 0 Å². The summed E-state index contributed by atoms with van der Waals surface area (Å²) in [6, 6.07) is 7.51. The van der Waals surface area contributed by atoms with Crippen molar-refractivity contribution in [3.05, 3.63) is 72.8 Å². The van der Waals surface area contributed by atoms with Gasteiger partial charge in [0.15, 0.2) is 0 Å². The Morgan fingerprint density at radius 2 is 2.17 bits per heavy atom. The van der Waals surface area contributed by atoms with Crippen molar-refractivity contribution in [2.24, 2.45) is 0 Å². The number of nitrogens with zero attached hydrogens (tertiary/aromatic N) is 4. The predicted octanol–water partition coefficient (Wildman–Crippen LogP) is 2.34. The molecule has 118 valence electrons. The highest BCUT2D eigenvalue weighted by Gasteiger charge is 2.16. The first-order chi connectivity index (χ1) is 11.3. The van der Waals surface area contributed by atoms with Crippen LogP contribution in [0.5, 0.6) is 0 Å².